The lowest BCUT2D eigenvalue weighted by Gasteiger charge is -2.14. The van der Waals surface area contributed by atoms with E-state index < -0.39 is 0 Å². The minimum atomic E-state index is 0.123. The fourth-order valence-corrected chi connectivity index (χ4v) is 2.24. The summed E-state index contributed by atoms with van der Waals surface area (Å²) in [6.07, 6.45) is 3.81. The topological polar surface area (TPSA) is 44.5 Å². The van der Waals surface area contributed by atoms with E-state index in [-0.39, 0.29) is 12.1 Å². The van der Waals surface area contributed by atoms with Crippen LogP contribution in [0.1, 0.15) is 44.7 Å². The summed E-state index contributed by atoms with van der Waals surface area (Å²) in [6, 6.07) is 8.19. The van der Waals surface area contributed by atoms with Crippen LogP contribution in [0, 0.1) is 0 Å². The quantitative estimate of drug-likeness (QED) is 0.872. The van der Waals surface area contributed by atoms with Crippen LogP contribution in [0.4, 0.5) is 0 Å². The Morgan fingerprint density at radius 2 is 2.06 bits per heavy atom. The van der Waals surface area contributed by atoms with Crippen LogP contribution in [0.15, 0.2) is 24.3 Å². The molecule has 0 aliphatic carbocycles. The van der Waals surface area contributed by atoms with Gasteiger partial charge in [-0.2, -0.15) is 0 Å². The molecular weight excluding hydrogens is 226 g/mol. The fourth-order valence-electron chi connectivity index (χ4n) is 2.24. The molecule has 0 aromatic heterocycles. The third-order valence-corrected chi connectivity index (χ3v) is 3.50. The van der Waals surface area contributed by atoms with Gasteiger partial charge in [0.25, 0.3) is 0 Å². The van der Waals surface area contributed by atoms with Crippen LogP contribution in [-0.2, 0) is 4.74 Å². The first-order chi connectivity index (χ1) is 8.69. The molecule has 1 saturated heterocycles. The SMILES string of the molecule is CC[C@@H](N)c1ccc(OCC2CCC(C)O2)cc1. The normalized spacial score (nSPS) is 25.1. The molecule has 0 saturated carbocycles. The molecule has 2 N–H and O–H groups in total. The predicted octanol–water partition coefficient (Wildman–Crippen LogP) is 3.04. The lowest BCUT2D eigenvalue weighted by atomic mass is 10.1. The van der Waals surface area contributed by atoms with Gasteiger partial charge in [0.1, 0.15) is 12.4 Å². The molecule has 1 aromatic carbocycles. The molecule has 0 amide bonds. The Balaban J connectivity index is 1.83. The maximum absolute atomic E-state index is 5.97. The van der Waals surface area contributed by atoms with Crippen LogP contribution >= 0.6 is 0 Å². The molecule has 18 heavy (non-hydrogen) atoms. The Labute approximate surface area is 109 Å². The van der Waals surface area contributed by atoms with Gasteiger partial charge in [-0.05, 0) is 43.9 Å². The highest BCUT2D eigenvalue weighted by atomic mass is 16.5. The standard InChI is InChI=1S/C15H23NO2/c1-3-15(16)12-5-8-13(9-6-12)17-10-14-7-4-11(2)18-14/h5-6,8-9,11,14-15H,3-4,7,10,16H2,1-2H3/t11?,14?,15-/m1/s1. The second-order valence-electron chi connectivity index (χ2n) is 5.04. The van der Waals surface area contributed by atoms with Crippen molar-refractivity contribution in [2.24, 2.45) is 5.73 Å². The largest absolute Gasteiger partial charge is 0.491 e. The molecule has 2 rings (SSSR count). The van der Waals surface area contributed by atoms with E-state index in [1.165, 1.54) is 0 Å². The van der Waals surface area contributed by atoms with Gasteiger partial charge in [-0.15, -0.1) is 0 Å². The van der Waals surface area contributed by atoms with E-state index >= 15 is 0 Å². The first-order valence-corrected chi connectivity index (χ1v) is 6.83. The zero-order chi connectivity index (χ0) is 13.0. The van der Waals surface area contributed by atoms with Gasteiger partial charge in [-0.1, -0.05) is 19.1 Å². The summed E-state index contributed by atoms with van der Waals surface area (Å²) in [7, 11) is 0. The molecule has 3 atom stereocenters. The van der Waals surface area contributed by atoms with Gasteiger partial charge in [0.05, 0.1) is 12.2 Å². The molecule has 1 aromatic rings. The molecule has 1 fully saturated rings. The molecule has 0 radical (unpaired) electrons. The van der Waals surface area contributed by atoms with E-state index in [1.54, 1.807) is 0 Å². The Morgan fingerprint density at radius 1 is 1.33 bits per heavy atom. The average Bonchev–Trinajstić information content (AvgIpc) is 2.82. The van der Waals surface area contributed by atoms with Crippen molar-refractivity contribution in [2.45, 2.75) is 51.4 Å². The molecule has 1 aliphatic heterocycles. The summed E-state index contributed by atoms with van der Waals surface area (Å²) in [5, 5.41) is 0. The van der Waals surface area contributed by atoms with E-state index in [0.717, 1.165) is 30.6 Å². The Kier molecular flexibility index (Phi) is 4.61. The average molecular weight is 249 g/mol. The van der Waals surface area contributed by atoms with Gasteiger partial charge in [-0.3, -0.25) is 0 Å². The van der Waals surface area contributed by atoms with Crippen molar-refractivity contribution in [1.82, 2.24) is 0 Å². The van der Waals surface area contributed by atoms with Crippen molar-refractivity contribution in [3.8, 4) is 5.75 Å². The number of hydrogen-bond acceptors (Lipinski definition) is 3. The predicted molar refractivity (Wildman–Crippen MR) is 72.7 cm³/mol. The Hall–Kier alpha value is -1.06. The maximum Gasteiger partial charge on any atom is 0.119 e. The molecule has 100 valence electrons. The molecule has 1 heterocycles. The fraction of sp³-hybridized carbons (Fsp3) is 0.600. The highest BCUT2D eigenvalue weighted by Gasteiger charge is 2.22. The Morgan fingerprint density at radius 3 is 2.61 bits per heavy atom. The van der Waals surface area contributed by atoms with Crippen LogP contribution in [0.5, 0.6) is 5.75 Å². The summed E-state index contributed by atoms with van der Waals surface area (Å²) < 4.78 is 11.5. The summed E-state index contributed by atoms with van der Waals surface area (Å²) in [5.74, 6) is 0.894. The van der Waals surface area contributed by atoms with Crippen LogP contribution < -0.4 is 10.5 Å². The van der Waals surface area contributed by atoms with Gasteiger partial charge in [0.15, 0.2) is 0 Å². The molecular formula is C15H23NO2. The summed E-state index contributed by atoms with van der Waals surface area (Å²) in [6.45, 7) is 4.85. The van der Waals surface area contributed by atoms with Crippen LogP contribution in [0.3, 0.4) is 0 Å². The van der Waals surface area contributed by atoms with Crippen molar-refractivity contribution in [2.75, 3.05) is 6.61 Å². The molecule has 3 heteroatoms. The highest BCUT2D eigenvalue weighted by molar-refractivity contribution is 5.29. The molecule has 0 spiro atoms. The Bertz CT molecular complexity index is 363. The van der Waals surface area contributed by atoms with Gasteiger partial charge < -0.3 is 15.2 Å². The van der Waals surface area contributed by atoms with E-state index in [9.17, 15) is 0 Å². The van der Waals surface area contributed by atoms with Crippen molar-refractivity contribution in [3.63, 3.8) is 0 Å². The summed E-state index contributed by atoms with van der Waals surface area (Å²) in [4.78, 5) is 0. The number of nitrogens with two attached hydrogens (primary N) is 1. The molecule has 2 unspecified atom stereocenters. The monoisotopic (exact) mass is 249 g/mol. The third kappa shape index (κ3) is 3.47. The molecule has 0 bridgehead atoms. The van der Waals surface area contributed by atoms with Crippen LogP contribution in [0.2, 0.25) is 0 Å². The number of benzene rings is 1. The minimum Gasteiger partial charge on any atom is -0.491 e. The van der Waals surface area contributed by atoms with Gasteiger partial charge in [0.2, 0.25) is 0 Å². The third-order valence-electron chi connectivity index (χ3n) is 3.50. The number of rotatable bonds is 5. The highest BCUT2D eigenvalue weighted by Crippen LogP contribution is 2.22. The van der Waals surface area contributed by atoms with Crippen molar-refractivity contribution < 1.29 is 9.47 Å². The zero-order valence-corrected chi connectivity index (χ0v) is 11.3. The first kappa shape index (κ1) is 13.4. The first-order valence-electron chi connectivity index (χ1n) is 6.83. The molecule has 1 aliphatic rings. The smallest absolute Gasteiger partial charge is 0.119 e. The van der Waals surface area contributed by atoms with Crippen molar-refractivity contribution in [3.05, 3.63) is 29.8 Å². The van der Waals surface area contributed by atoms with Crippen LogP contribution in [0.25, 0.3) is 0 Å². The minimum absolute atomic E-state index is 0.123. The van der Waals surface area contributed by atoms with Crippen LogP contribution in [-0.4, -0.2) is 18.8 Å². The van der Waals surface area contributed by atoms with Gasteiger partial charge >= 0.3 is 0 Å². The summed E-state index contributed by atoms with van der Waals surface area (Å²) >= 11 is 0. The van der Waals surface area contributed by atoms with Gasteiger partial charge in [-0.25, -0.2) is 0 Å². The second-order valence-corrected chi connectivity index (χ2v) is 5.04. The van der Waals surface area contributed by atoms with E-state index in [2.05, 4.69) is 13.8 Å². The van der Waals surface area contributed by atoms with E-state index in [1.807, 2.05) is 24.3 Å². The summed E-state index contributed by atoms with van der Waals surface area (Å²) in [5.41, 5.74) is 7.13. The molecule has 3 nitrogen and oxygen atoms in total. The number of ether oxygens (including phenoxy) is 2. The van der Waals surface area contributed by atoms with Crippen molar-refractivity contribution >= 4 is 0 Å². The van der Waals surface area contributed by atoms with Crippen molar-refractivity contribution in [1.29, 1.82) is 0 Å². The second kappa shape index (κ2) is 6.21. The lowest BCUT2D eigenvalue weighted by Crippen LogP contribution is -2.17. The van der Waals surface area contributed by atoms with E-state index in [4.69, 9.17) is 15.2 Å². The maximum atomic E-state index is 5.97. The number of hydrogen-bond donors (Lipinski definition) is 1. The van der Waals surface area contributed by atoms with E-state index in [0.29, 0.717) is 12.7 Å². The van der Waals surface area contributed by atoms with Gasteiger partial charge in [0, 0.05) is 6.04 Å². The zero-order valence-electron chi connectivity index (χ0n) is 11.3. The lowest BCUT2D eigenvalue weighted by molar-refractivity contribution is 0.0264.